The molecule has 47 heavy (non-hydrogen) atoms. The Labute approximate surface area is 278 Å². The number of hydrogen-bond acceptors (Lipinski definition) is 5. The van der Waals surface area contributed by atoms with Crippen LogP contribution in [0.5, 0.6) is 0 Å². The van der Waals surface area contributed by atoms with Gasteiger partial charge in [-0.05, 0) is 91.2 Å². The summed E-state index contributed by atoms with van der Waals surface area (Å²) < 4.78 is 0. The number of nitrogens with one attached hydrogen (secondary N) is 3. The molecule has 0 fully saturated rings. The molecule has 3 amide bonds. The number of amides is 3. The van der Waals surface area contributed by atoms with Gasteiger partial charge in [0.05, 0.1) is 5.25 Å². The van der Waals surface area contributed by atoms with Gasteiger partial charge in [-0.1, -0.05) is 78.9 Å². The summed E-state index contributed by atoms with van der Waals surface area (Å²) in [5, 5.41) is 8.08. The lowest BCUT2D eigenvalue weighted by Gasteiger charge is -2.14. The molecule has 234 valence electrons. The predicted molar refractivity (Wildman–Crippen MR) is 189 cm³/mol. The van der Waals surface area contributed by atoms with E-state index in [9.17, 15) is 19.2 Å². The molecule has 5 aromatic carbocycles. The van der Waals surface area contributed by atoms with Crippen LogP contribution in [0.2, 0.25) is 0 Å². The lowest BCUT2D eigenvalue weighted by Crippen LogP contribution is -2.30. The van der Waals surface area contributed by atoms with Crippen molar-refractivity contribution in [2.24, 2.45) is 0 Å². The van der Waals surface area contributed by atoms with Gasteiger partial charge in [0.25, 0.3) is 11.8 Å². The second-order valence-corrected chi connectivity index (χ2v) is 12.1. The maximum absolute atomic E-state index is 13.6. The third-order valence-electron chi connectivity index (χ3n) is 7.19. The molecule has 0 aliphatic carbocycles. The topological polar surface area (TPSA) is 104 Å². The summed E-state index contributed by atoms with van der Waals surface area (Å²) in [6.07, 6.45) is 1.64. The largest absolute Gasteiger partial charge is 0.325 e. The highest BCUT2D eigenvalue weighted by Crippen LogP contribution is 2.27. The zero-order valence-corrected chi connectivity index (χ0v) is 26.7. The Kier molecular flexibility index (Phi) is 10.8. The van der Waals surface area contributed by atoms with E-state index in [1.165, 1.54) is 18.7 Å². The van der Waals surface area contributed by atoms with Crippen molar-refractivity contribution in [1.82, 2.24) is 5.32 Å². The van der Waals surface area contributed by atoms with Crippen molar-refractivity contribution in [2.45, 2.75) is 24.0 Å². The van der Waals surface area contributed by atoms with Crippen LogP contribution in [0, 0.1) is 0 Å². The fraction of sp³-hybridized carbons (Fsp3) is 0.0769. The average Bonchev–Trinajstić information content (AvgIpc) is 3.09. The van der Waals surface area contributed by atoms with Gasteiger partial charge < -0.3 is 16.0 Å². The first-order chi connectivity index (χ1) is 22.7. The third-order valence-corrected chi connectivity index (χ3v) is 8.28. The number of rotatable bonds is 11. The summed E-state index contributed by atoms with van der Waals surface area (Å²) in [6.45, 7) is 3.28. The van der Waals surface area contributed by atoms with Gasteiger partial charge in [0.15, 0.2) is 5.78 Å². The van der Waals surface area contributed by atoms with Crippen LogP contribution in [0.15, 0.2) is 144 Å². The molecule has 3 N–H and O–H groups in total. The highest BCUT2D eigenvalue weighted by Gasteiger charge is 2.18. The fourth-order valence-corrected chi connectivity index (χ4v) is 5.57. The van der Waals surface area contributed by atoms with E-state index >= 15 is 0 Å². The minimum absolute atomic E-state index is 0.0440. The normalized spacial score (nSPS) is 11.7. The summed E-state index contributed by atoms with van der Waals surface area (Å²) in [5.41, 5.74) is 5.02. The Bertz CT molecular complexity index is 1910. The third kappa shape index (κ3) is 9.15. The number of carbonyl (C=O) groups excluding carboxylic acids is 4. The van der Waals surface area contributed by atoms with E-state index in [4.69, 9.17) is 0 Å². The number of hydrogen-bond donors (Lipinski definition) is 3. The van der Waals surface area contributed by atoms with Crippen LogP contribution in [0.3, 0.4) is 0 Å². The molecule has 1 unspecified atom stereocenters. The van der Waals surface area contributed by atoms with Gasteiger partial charge in [0.2, 0.25) is 5.91 Å². The first kappa shape index (κ1) is 32.7. The van der Waals surface area contributed by atoms with Crippen molar-refractivity contribution >= 4 is 52.7 Å². The molecular formula is C39H33N3O4S. The number of anilines is 2. The number of ketones is 1. The van der Waals surface area contributed by atoms with Crippen molar-refractivity contribution in [1.29, 1.82) is 0 Å². The summed E-state index contributed by atoms with van der Waals surface area (Å²) in [4.78, 5) is 51.8. The van der Waals surface area contributed by atoms with Crippen molar-refractivity contribution in [3.63, 3.8) is 0 Å². The molecule has 5 rings (SSSR count). The van der Waals surface area contributed by atoms with E-state index in [1.807, 2.05) is 66.7 Å². The SMILES string of the molecule is CC(=O)c1ccc(NC(=O)C(C)Sc2cccc(NC(=O)/C(=C\c3ccc(-c4ccccc4)cc3)NC(=O)c3ccccc3)c2)cc1. The maximum atomic E-state index is 13.6. The molecule has 1 atom stereocenters. The van der Waals surface area contributed by atoms with Crippen LogP contribution in [0.25, 0.3) is 17.2 Å². The molecule has 7 nitrogen and oxygen atoms in total. The lowest BCUT2D eigenvalue weighted by molar-refractivity contribution is -0.115. The quantitative estimate of drug-likeness (QED) is 0.0770. The molecule has 0 spiro atoms. The summed E-state index contributed by atoms with van der Waals surface area (Å²) in [6, 6.07) is 40.3. The Hall–Kier alpha value is -5.73. The zero-order valence-electron chi connectivity index (χ0n) is 25.9. The van der Waals surface area contributed by atoms with Crippen LogP contribution in [-0.2, 0) is 9.59 Å². The minimum atomic E-state index is -0.497. The number of Topliss-reactive ketones (excluding diaryl/α,β-unsaturated/α-hetero) is 1. The van der Waals surface area contributed by atoms with Gasteiger partial charge in [0, 0.05) is 27.4 Å². The van der Waals surface area contributed by atoms with E-state index < -0.39 is 17.1 Å². The monoisotopic (exact) mass is 639 g/mol. The van der Waals surface area contributed by atoms with Gasteiger partial charge in [-0.25, -0.2) is 0 Å². The molecule has 8 heteroatoms. The smallest absolute Gasteiger partial charge is 0.272 e. The van der Waals surface area contributed by atoms with Crippen LogP contribution < -0.4 is 16.0 Å². The van der Waals surface area contributed by atoms with Gasteiger partial charge in [-0.15, -0.1) is 11.8 Å². The van der Waals surface area contributed by atoms with E-state index in [-0.39, 0.29) is 17.4 Å². The Morgan fingerprint density at radius 1 is 0.638 bits per heavy atom. The molecule has 0 saturated carbocycles. The number of thioether (sulfide) groups is 1. The molecule has 0 radical (unpaired) electrons. The second-order valence-electron chi connectivity index (χ2n) is 10.7. The van der Waals surface area contributed by atoms with Crippen LogP contribution in [0.4, 0.5) is 11.4 Å². The summed E-state index contributed by atoms with van der Waals surface area (Å²) in [5.74, 6) is -1.15. The van der Waals surface area contributed by atoms with Gasteiger partial charge in [0.1, 0.15) is 5.70 Å². The lowest BCUT2D eigenvalue weighted by atomic mass is 10.0. The van der Waals surface area contributed by atoms with Crippen LogP contribution in [-0.4, -0.2) is 28.8 Å². The molecule has 0 aromatic heterocycles. The van der Waals surface area contributed by atoms with Crippen LogP contribution in [0.1, 0.15) is 40.1 Å². The molecule has 0 aliphatic heterocycles. The van der Waals surface area contributed by atoms with Crippen molar-refractivity contribution in [3.05, 3.63) is 156 Å². The van der Waals surface area contributed by atoms with Crippen molar-refractivity contribution in [3.8, 4) is 11.1 Å². The average molecular weight is 640 g/mol. The summed E-state index contributed by atoms with van der Waals surface area (Å²) in [7, 11) is 0. The second kappa shape index (κ2) is 15.5. The fourth-order valence-electron chi connectivity index (χ4n) is 4.65. The molecular weight excluding hydrogens is 607 g/mol. The first-order valence-electron chi connectivity index (χ1n) is 15.0. The van der Waals surface area contributed by atoms with E-state index in [1.54, 1.807) is 79.7 Å². The molecule has 5 aromatic rings. The van der Waals surface area contributed by atoms with Gasteiger partial charge in [-0.2, -0.15) is 0 Å². The van der Waals surface area contributed by atoms with Crippen molar-refractivity contribution in [2.75, 3.05) is 10.6 Å². The standard InChI is InChI=1S/C39H33N3O4S/c1-26(43)29-20-22-33(23-21-29)40-37(44)27(2)47-35-15-9-14-34(25-35)41-39(46)36(42-38(45)32-12-7-4-8-13-32)24-28-16-18-31(19-17-28)30-10-5-3-6-11-30/h3-25,27H,1-2H3,(H,40,44)(H,41,46)(H,42,45)/b36-24+. The van der Waals surface area contributed by atoms with E-state index in [2.05, 4.69) is 16.0 Å². The van der Waals surface area contributed by atoms with E-state index in [0.29, 0.717) is 22.5 Å². The van der Waals surface area contributed by atoms with E-state index in [0.717, 1.165) is 21.6 Å². The Balaban J connectivity index is 1.30. The van der Waals surface area contributed by atoms with Crippen LogP contribution >= 0.6 is 11.8 Å². The molecule has 0 bridgehead atoms. The maximum Gasteiger partial charge on any atom is 0.272 e. The Morgan fingerprint density at radius 2 is 1.28 bits per heavy atom. The Morgan fingerprint density at radius 3 is 1.94 bits per heavy atom. The van der Waals surface area contributed by atoms with Gasteiger partial charge >= 0.3 is 0 Å². The zero-order chi connectivity index (χ0) is 33.2. The molecule has 0 aliphatic rings. The minimum Gasteiger partial charge on any atom is -0.325 e. The molecule has 0 heterocycles. The predicted octanol–water partition coefficient (Wildman–Crippen LogP) is 8.09. The first-order valence-corrected chi connectivity index (χ1v) is 15.9. The van der Waals surface area contributed by atoms with Crippen molar-refractivity contribution < 1.29 is 19.2 Å². The number of benzene rings is 5. The highest BCUT2D eigenvalue weighted by atomic mass is 32.2. The molecule has 0 saturated heterocycles. The van der Waals surface area contributed by atoms with Gasteiger partial charge in [-0.3, -0.25) is 19.2 Å². The number of carbonyl (C=O) groups is 4. The highest BCUT2D eigenvalue weighted by molar-refractivity contribution is 8.00. The summed E-state index contributed by atoms with van der Waals surface area (Å²) >= 11 is 1.34.